The average Bonchev–Trinajstić information content (AvgIpc) is 2.84. The number of hydrogen-bond acceptors (Lipinski definition) is 2. The van der Waals surface area contributed by atoms with Crippen LogP contribution in [0.15, 0.2) is 12.1 Å². The predicted molar refractivity (Wildman–Crippen MR) is 75.1 cm³/mol. The molecule has 20 heavy (non-hydrogen) atoms. The molecule has 0 unspecified atom stereocenters. The van der Waals surface area contributed by atoms with Crippen LogP contribution in [0.5, 0.6) is 0 Å². The van der Waals surface area contributed by atoms with Crippen LogP contribution in [0, 0.1) is 13.8 Å². The van der Waals surface area contributed by atoms with Gasteiger partial charge in [0.1, 0.15) is 0 Å². The molecule has 0 bridgehead atoms. The lowest BCUT2D eigenvalue weighted by Gasteiger charge is -2.19. The summed E-state index contributed by atoms with van der Waals surface area (Å²) in [7, 11) is 0. The van der Waals surface area contributed by atoms with Crippen LogP contribution in [0.1, 0.15) is 29.5 Å². The van der Waals surface area contributed by atoms with E-state index < -0.39 is 11.7 Å². The normalized spacial score (nSPS) is 16.6. The van der Waals surface area contributed by atoms with Gasteiger partial charge in [0.2, 0.25) is 0 Å². The zero-order valence-corrected chi connectivity index (χ0v) is 12.0. The molecular weight excluding hydrogens is 265 g/mol. The molecule has 1 heterocycles. The number of benzene rings is 1. The Bertz CT molecular complexity index is 463. The van der Waals surface area contributed by atoms with Crippen molar-refractivity contribution in [2.24, 2.45) is 0 Å². The molecule has 1 aromatic carbocycles. The number of halogens is 3. The van der Waals surface area contributed by atoms with Gasteiger partial charge in [-0.05, 0) is 63.0 Å². The fraction of sp³-hybridized carbons (Fsp3) is 0.600. The lowest BCUT2D eigenvalue weighted by molar-refractivity contribution is -0.138. The van der Waals surface area contributed by atoms with Gasteiger partial charge in [-0.25, -0.2) is 0 Å². The molecule has 5 heteroatoms. The van der Waals surface area contributed by atoms with E-state index in [4.69, 9.17) is 0 Å². The lowest BCUT2D eigenvalue weighted by Crippen LogP contribution is -2.26. The number of likely N-dealkylation sites (tertiary alicyclic amines) is 1. The molecule has 1 fully saturated rings. The van der Waals surface area contributed by atoms with Gasteiger partial charge in [-0.2, -0.15) is 13.2 Å². The first-order chi connectivity index (χ1) is 9.38. The number of nitrogens with zero attached hydrogens (tertiary/aromatic N) is 1. The Hall–Kier alpha value is -1.23. The van der Waals surface area contributed by atoms with Crippen molar-refractivity contribution in [3.8, 4) is 0 Å². The van der Waals surface area contributed by atoms with Gasteiger partial charge in [-0.3, -0.25) is 0 Å². The molecule has 1 N–H and O–H groups in total. The Morgan fingerprint density at radius 3 is 2.40 bits per heavy atom. The molecule has 2 nitrogen and oxygen atoms in total. The van der Waals surface area contributed by atoms with E-state index in [1.165, 1.54) is 25.8 Å². The molecule has 1 aliphatic rings. The molecule has 1 saturated heterocycles. The molecule has 112 valence electrons. The summed E-state index contributed by atoms with van der Waals surface area (Å²) < 4.78 is 38.8. The maximum Gasteiger partial charge on any atom is 0.416 e. The van der Waals surface area contributed by atoms with Crippen molar-refractivity contribution < 1.29 is 13.2 Å². The maximum atomic E-state index is 12.9. The van der Waals surface area contributed by atoms with Gasteiger partial charge in [0.25, 0.3) is 0 Å². The Morgan fingerprint density at radius 2 is 1.80 bits per heavy atom. The van der Waals surface area contributed by atoms with Crippen molar-refractivity contribution in [3.05, 3.63) is 28.8 Å². The van der Waals surface area contributed by atoms with Crippen molar-refractivity contribution in [1.29, 1.82) is 0 Å². The number of anilines is 1. The van der Waals surface area contributed by atoms with Gasteiger partial charge >= 0.3 is 6.18 Å². The standard InChI is InChI=1S/C15H21F3N2/c1-11-9-13(15(16,17)18)12(2)14(10-11)19-5-8-20-6-3-4-7-20/h9-10,19H,3-8H2,1-2H3. The molecule has 0 aromatic heterocycles. The summed E-state index contributed by atoms with van der Waals surface area (Å²) in [5.41, 5.74) is 0.966. The molecular formula is C15H21F3N2. The highest BCUT2D eigenvalue weighted by atomic mass is 19.4. The van der Waals surface area contributed by atoms with Gasteiger partial charge in [-0.15, -0.1) is 0 Å². The highest BCUT2D eigenvalue weighted by molar-refractivity contribution is 5.57. The quantitative estimate of drug-likeness (QED) is 0.905. The van der Waals surface area contributed by atoms with Crippen molar-refractivity contribution in [2.45, 2.75) is 32.9 Å². The highest BCUT2D eigenvalue weighted by Crippen LogP contribution is 2.35. The van der Waals surface area contributed by atoms with Crippen LogP contribution in [0.4, 0.5) is 18.9 Å². The molecule has 0 saturated carbocycles. The number of hydrogen-bond donors (Lipinski definition) is 1. The third-order valence-corrected chi connectivity index (χ3v) is 3.80. The Labute approximate surface area is 118 Å². The van der Waals surface area contributed by atoms with Gasteiger partial charge in [0.05, 0.1) is 5.56 Å². The fourth-order valence-electron chi connectivity index (χ4n) is 2.69. The second-order valence-electron chi connectivity index (χ2n) is 5.46. The van der Waals surface area contributed by atoms with Crippen LogP contribution in [0.25, 0.3) is 0 Å². The van der Waals surface area contributed by atoms with Crippen molar-refractivity contribution in [2.75, 3.05) is 31.5 Å². The largest absolute Gasteiger partial charge is 0.416 e. The molecule has 0 spiro atoms. The van der Waals surface area contributed by atoms with Crippen LogP contribution in [0.3, 0.4) is 0 Å². The number of alkyl halides is 3. The van der Waals surface area contributed by atoms with Gasteiger partial charge in [0, 0.05) is 18.8 Å². The lowest BCUT2D eigenvalue weighted by atomic mass is 10.0. The first kappa shape index (κ1) is 15.2. The van der Waals surface area contributed by atoms with Crippen LogP contribution in [-0.2, 0) is 6.18 Å². The smallest absolute Gasteiger partial charge is 0.384 e. The summed E-state index contributed by atoms with van der Waals surface area (Å²) in [6.45, 7) is 6.99. The summed E-state index contributed by atoms with van der Waals surface area (Å²) in [4.78, 5) is 2.34. The SMILES string of the molecule is Cc1cc(NCCN2CCCC2)c(C)c(C(F)(F)F)c1. The Morgan fingerprint density at radius 1 is 1.15 bits per heavy atom. The molecule has 1 aliphatic heterocycles. The van der Waals surface area contributed by atoms with Crippen LogP contribution in [-0.4, -0.2) is 31.1 Å². The van der Waals surface area contributed by atoms with E-state index in [2.05, 4.69) is 10.2 Å². The van der Waals surface area contributed by atoms with E-state index in [1.54, 1.807) is 13.0 Å². The van der Waals surface area contributed by atoms with Gasteiger partial charge in [-0.1, -0.05) is 0 Å². The molecule has 1 aromatic rings. The van der Waals surface area contributed by atoms with Gasteiger partial charge < -0.3 is 10.2 Å². The summed E-state index contributed by atoms with van der Waals surface area (Å²) in [5.74, 6) is 0. The van der Waals surface area contributed by atoms with Gasteiger partial charge in [0.15, 0.2) is 0 Å². The zero-order chi connectivity index (χ0) is 14.8. The minimum atomic E-state index is -4.29. The number of aryl methyl sites for hydroxylation is 1. The number of nitrogens with one attached hydrogen (secondary N) is 1. The highest BCUT2D eigenvalue weighted by Gasteiger charge is 2.33. The molecule has 0 radical (unpaired) electrons. The monoisotopic (exact) mass is 286 g/mol. The number of rotatable bonds is 4. The van der Waals surface area contributed by atoms with E-state index in [9.17, 15) is 13.2 Å². The summed E-state index contributed by atoms with van der Waals surface area (Å²) >= 11 is 0. The van der Waals surface area contributed by atoms with E-state index in [0.29, 0.717) is 17.8 Å². The molecule has 0 aliphatic carbocycles. The van der Waals surface area contributed by atoms with E-state index in [0.717, 1.165) is 19.6 Å². The van der Waals surface area contributed by atoms with E-state index >= 15 is 0 Å². The third-order valence-electron chi connectivity index (χ3n) is 3.80. The minimum Gasteiger partial charge on any atom is -0.384 e. The van der Waals surface area contributed by atoms with Crippen LogP contribution in [0.2, 0.25) is 0 Å². The van der Waals surface area contributed by atoms with Crippen molar-refractivity contribution >= 4 is 5.69 Å². The van der Waals surface area contributed by atoms with Crippen molar-refractivity contribution in [1.82, 2.24) is 4.90 Å². The topological polar surface area (TPSA) is 15.3 Å². The van der Waals surface area contributed by atoms with Crippen molar-refractivity contribution in [3.63, 3.8) is 0 Å². The molecule has 2 rings (SSSR count). The molecule has 0 amide bonds. The predicted octanol–water partition coefficient (Wildman–Crippen LogP) is 3.83. The van der Waals surface area contributed by atoms with E-state index in [-0.39, 0.29) is 5.56 Å². The van der Waals surface area contributed by atoms with Crippen LogP contribution >= 0.6 is 0 Å². The summed E-state index contributed by atoms with van der Waals surface area (Å²) in [5, 5.41) is 3.15. The summed E-state index contributed by atoms with van der Waals surface area (Å²) in [6, 6.07) is 3.00. The Kier molecular flexibility index (Phi) is 4.58. The van der Waals surface area contributed by atoms with E-state index in [1.807, 2.05) is 0 Å². The molecule has 0 atom stereocenters. The minimum absolute atomic E-state index is 0.282. The zero-order valence-electron chi connectivity index (χ0n) is 12.0. The average molecular weight is 286 g/mol. The second kappa shape index (κ2) is 6.04. The third kappa shape index (κ3) is 3.66. The first-order valence-corrected chi connectivity index (χ1v) is 7.02. The Balaban J connectivity index is 2.05. The first-order valence-electron chi connectivity index (χ1n) is 7.02. The maximum absolute atomic E-state index is 12.9. The second-order valence-corrected chi connectivity index (χ2v) is 5.46. The fourth-order valence-corrected chi connectivity index (χ4v) is 2.69. The summed E-state index contributed by atoms with van der Waals surface area (Å²) in [6.07, 6.45) is -1.84. The van der Waals surface area contributed by atoms with Crippen LogP contribution < -0.4 is 5.32 Å².